The first-order valence-electron chi connectivity index (χ1n) is 5.13. The van der Waals surface area contributed by atoms with E-state index in [9.17, 15) is 14.0 Å². The molecule has 1 aromatic carbocycles. The van der Waals surface area contributed by atoms with E-state index in [1.165, 1.54) is 12.1 Å². The van der Waals surface area contributed by atoms with Crippen LogP contribution >= 0.6 is 15.9 Å². The zero-order valence-corrected chi connectivity index (χ0v) is 10.9. The summed E-state index contributed by atoms with van der Waals surface area (Å²) in [5, 5.41) is 0.0482. The third-order valence-corrected chi connectivity index (χ3v) is 2.92. The van der Waals surface area contributed by atoms with Gasteiger partial charge < -0.3 is 9.15 Å². The van der Waals surface area contributed by atoms with Crippen LogP contribution in [0.4, 0.5) is 4.39 Å². The Balaban J connectivity index is 2.72. The number of fused-ring (bicyclic) bond motifs is 1. The maximum Gasteiger partial charge on any atom is 0.351 e. The van der Waals surface area contributed by atoms with Crippen molar-refractivity contribution >= 4 is 32.9 Å². The molecule has 0 N–H and O–H groups in total. The molecule has 2 rings (SSSR count). The Morgan fingerprint density at radius 3 is 2.89 bits per heavy atom. The van der Waals surface area contributed by atoms with Gasteiger partial charge in [0.05, 0.1) is 16.5 Å². The first-order chi connectivity index (χ1) is 8.54. The fourth-order valence-electron chi connectivity index (χ4n) is 1.49. The predicted molar refractivity (Wildman–Crippen MR) is 66.1 cm³/mol. The van der Waals surface area contributed by atoms with Gasteiger partial charge in [-0.2, -0.15) is 0 Å². The number of hydrogen-bond acceptors (Lipinski definition) is 4. The molecule has 1 aromatic heterocycles. The second-order valence-corrected chi connectivity index (χ2v) is 4.29. The first-order valence-corrected chi connectivity index (χ1v) is 5.93. The van der Waals surface area contributed by atoms with E-state index in [4.69, 9.17) is 9.15 Å². The molecular formula is C12H8BrFO4. The lowest BCUT2D eigenvalue weighted by molar-refractivity contribution is 0.0522. The van der Waals surface area contributed by atoms with Crippen molar-refractivity contribution in [3.63, 3.8) is 0 Å². The van der Waals surface area contributed by atoms with Gasteiger partial charge in [0.15, 0.2) is 5.58 Å². The molecule has 0 aliphatic carbocycles. The smallest absolute Gasteiger partial charge is 0.351 e. The van der Waals surface area contributed by atoms with Gasteiger partial charge in [0.1, 0.15) is 11.4 Å². The van der Waals surface area contributed by atoms with Crippen LogP contribution in [0.3, 0.4) is 0 Å². The number of ether oxygens (including phenoxy) is 1. The number of rotatable bonds is 2. The van der Waals surface area contributed by atoms with E-state index in [1.54, 1.807) is 6.92 Å². The monoisotopic (exact) mass is 314 g/mol. The molecule has 94 valence electrons. The van der Waals surface area contributed by atoms with E-state index in [-0.39, 0.29) is 23.1 Å². The number of esters is 1. The zero-order chi connectivity index (χ0) is 13.3. The molecule has 18 heavy (non-hydrogen) atoms. The molecule has 0 bridgehead atoms. The fourth-order valence-corrected chi connectivity index (χ4v) is 1.92. The second kappa shape index (κ2) is 4.89. The second-order valence-electron chi connectivity index (χ2n) is 3.44. The van der Waals surface area contributed by atoms with Crippen molar-refractivity contribution in [2.45, 2.75) is 6.92 Å². The van der Waals surface area contributed by atoms with Crippen molar-refractivity contribution < 1.29 is 18.3 Å². The molecule has 0 aliphatic rings. The normalized spacial score (nSPS) is 10.6. The Labute approximate surface area is 109 Å². The molecule has 6 heteroatoms. The molecule has 4 nitrogen and oxygen atoms in total. The van der Waals surface area contributed by atoms with E-state index in [0.717, 1.165) is 6.07 Å². The lowest BCUT2D eigenvalue weighted by Gasteiger charge is -2.04. The van der Waals surface area contributed by atoms with Gasteiger partial charge in [0.25, 0.3) is 0 Å². The molecule has 0 amide bonds. The summed E-state index contributed by atoms with van der Waals surface area (Å²) in [6.45, 7) is 1.73. The minimum Gasteiger partial charge on any atom is -0.462 e. The highest BCUT2D eigenvalue weighted by atomic mass is 79.9. The van der Waals surface area contributed by atoms with Crippen LogP contribution < -0.4 is 5.63 Å². The van der Waals surface area contributed by atoms with Crippen LogP contribution in [0.25, 0.3) is 11.0 Å². The van der Waals surface area contributed by atoms with Gasteiger partial charge in [-0.1, -0.05) is 0 Å². The van der Waals surface area contributed by atoms with Crippen molar-refractivity contribution in [3.8, 4) is 0 Å². The van der Waals surface area contributed by atoms with Gasteiger partial charge in [0.2, 0.25) is 0 Å². The van der Waals surface area contributed by atoms with Crippen LogP contribution in [0.5, 0.6) is 0 Å². The summed E-state index contributed by atoms with van der Waals surface area (Å²) in [5.74, 6) is -1.41. The molecule has 0 radical (unpaired) electrons. The average Bonchev–Trinajstić information content (AvgIpc) is 2.34. The Kier molecular flexibility index (Phi) is 3.47. The number of hydrogen-bond donors (Lipinski definition) is 0. The van der Waals surface area contributed by atoms with Crippen molar-refractivity contribution in [2.75, 3.05) is 6.61 Å². The Bertz CT molecular complexity index is 678. The molecule has 1 heterocycles. The van der Waals surface area contributed by atoms with Crippen LogP contribution in [-0.4, -0.2) is 12.6 Å². The number of halogens is 2. The quantitative estimate of drug-likeness (QED) is 0.632. The first kappa shape index (κ1) is 12.8. The topological polar surface area (TPSA) is 56.5 Å². The summed E-state index contributed by atoms with van der Waals surface area (Å²) in [6.07, 6.45) is 0. The third-order valence-electron chi connectivity index (χ3n) is 2.29. The van der Waals surface area contributed by atoms with E-state index in [2.05, 4.69) is 15.9 Å². The van der Waals surface area contributed by atoms with Crippen LogP contribution in [0.2, 0.25) is 0 Å². The van der Waals surface area contributed by atoms with E-state index in [1.807, 2.05) is 0 Å². The molecule has 0 saturated carbocycles. The summed E-state index contributed by atoms with van der Waals surface area (Å²) in [6, 6.07) is 3.77. The highest BCUT2D eigenvalue weighted by Gasteiger charge is 2.17. The van der Waals surface area contributed by atoms with Crippen LogP contribution in [0.15, 0.2) is 31.9 Å². The summed E-state index contributed by atoms with van der Waals surface area (Å²) >= 11 is 3.14. The van der Waals surface area contributed by atoms with E-state index >= 15 is 0 Å². The van der Waals surface area contributed by atoms with Gasteiger partial charge in [-0.25, -0.2) is 14.0 Å². The van der Waals surface area contributed by atoms with Gasteiger partial charge in [0, 0.05) is 0 Å². The molecular weight excluding hydrogens is 307 g/mol. The Morgan fingerprint density at radius 2 is 2.22 bits per heavy atom. The molecule has 0 spiro atoms. The summed E-state index contributed by atoms with van der Waals surface area (Å²) in [7, 11) is 0. The number of benzene rings is 1. The van der Waals surface area contributed by atoms with Crippen molar-refractivity contribution in [1.82, 2.24) is 0 Å². The third kappa shape index (κ3) is 2.15. The molecule has 0 aliphatic heterocycles. The number of carbonyl (C=O) groups is 1. The van der Waals surface area contributed by atoms with Crippen molar-refractivity contribution in [2.24, 2.45) is 0 Å². The minimum atomic E-state index is -0.854. The standard InChI is InChI=1S/C12H8BrFO4/c1-2-17-11(15)7-5-6-9(14)4-3-8(13)10(6)18-12(7)16/h3-5H,2H2,1H3. The van der Waals surface area contributed by atoms with Gasteiger partial charge in [-0.05, 0) is 41.1 Å². The summed E-state index contributed by atoms with van der Waals surface area (Å²) < 4.78 is 23.7. The minimum absolute atomic E-state index is 0.0482. The molecule has 0 unspecified atom stereocenters. The summed E-state index contributed by atoms with van der Waals surface area (Å²) in [5.41, 5.74) is -1.11. The van der Waals surface area contributed by atoms with Crippen molar-refractivity contribution in [3.05, 3.63) is 44.5 Å². The molecule has 2 aromatic rings. The molecule has 0 fully saturated rings. The van der Waals surface area contributed by atoms with E-state index in [0.29, 0.717) is 4.47 Å². The van der Waals surface area contributed by atoms with Gasteiger partial charge >= 0.3 is 11.6 Å². The van der Waals surface area contributed by atoms with Crippen molar-refractivity contribution in [1.29, 1.82) is 0 Å². The van der Waals surface area contributed by atoms with Crippen LogP contribution in [0, 0.1) is 5.82 Å². The van der Waals surface area contributed by atoms with E-state index < -0.39 is 17.4 Å². The largest absolute Gasteiger partial charge is 0.462 e. The zero-order valence-electron chi connectivity index (χ0n) is 9.33. The van der Waals surface area contributed by atoms with Crippen LogP contribution in [-0.2, 0) is 4.74 Å². The van der Waals surface area contributed by atoms with Gasteiger partial charge in [-0.3, -0.25) is 0 Å². The summed E-state index contributed by atoms with van der Waals surface area (Å²) in [4.78, 5) is 23.1. The Morgan fingerprint density at radius 1 is 1.50 bits per heavy atom. The molecule has 0 saturated heterocycles. The maximum absolute atomic E-state index is 13.6. The Hall–Kier alpha value is -1.69. The number of carbonyl (C=O) groups excluding carboxylic acids is 1. The SMILES string of the molecule is CCOC(=O)c1cc2c(F)ccc(Br)c2oc1=O. The van der Waals surface area contributed by atoms with Crippen LogP contribution in [0.1, 0.15) is 17.3 Å². The highest BCUT2D eigenvalue weighted by molar-refractivity contribution is 9.10. The average molecular weight is 315 g/mol. The lowest BCUT2D eigenvalue weighted by Crippen LogP contribution is -2.16. The molecule has 0 atom stereocenters. The predicted octanol–water partition coefficient (Wildman–Crippen LogP) is 2.87. The maximum atomic E-state index is 13.6. The highest BCUT2D eigenvalue weighted by Crippen LogP contribution is 2.25. The lowest BCUT2D eigenvalue weighted by atomic mass is 10.2. The fraction of sp³-hybridized carbons (Fsp3) is 0.167. The van der Waals surface area contributed by atoms with Gasteiger partial charge in [-0.15, -0.1) is 0 Å².